The molecule has 0 saturated carbocycles. The van der Waals surface area contributed by atoms with Crippen molar-refractivity contribution in [3.8, 4) is 0 Å². The summed E-state index contributed by atoms with van der Waals surface area (Å²) in [6, 6.07) is 9.76. The number of carboxylic acid groups (broad SMARTS) is 1. The smallest absolute Gasteiger partial charge is 0.416 e. The predicted octanol–water partition coefficient (Wildman–Crippen LogP) is 5.32. The number of aromatic carboxylic acids is 1. The average molecular weight is 377 g/mol. The minimum atomic E-state index is -4.56. The molecule has 0 spiro atoms. The fourth-order valence-corrected chi connectivity index (χ4v) is 2.77. The number of halogens is 4. The lowest BCUT2D eigenvalue weighted by atomic mass is 10.1. The van der Waals surface area contributed by atoms with Crippen LogP contribution >= 0.6 is 27.7 Å². The highest BCUT2D eigenvalue weighted by molar-refractivity contribution is 9.10. The molecule has 1 N–H and O–H groups in total. The molecule has 0 heterocycles. The monoisotopic (exact) mass is 376 g/mol. The van der Waals surface area contributed by atoms with Gasteiger partial charge < -0.3 is 5.11 Å². The van der Waals surface area contributed by atoms with Gasteiger partial charge in [-0.05, 0) is 42.5 Å². The Morgan fingerprint density at radius 3 is 2.24 bits per heavy atom. The number of hydrogen-bond donors (Lipinski definition) is 1. The zero-order valence-corrected chi connectivity index (χ0v) is 12.7. The van der Waals surface area contributed by atoms with E-state index in [1.54, 1.807) is 24.3 Å². The Morgan fingerprint density at radius 1 is 1.10 bits per heavy atom. The van der Waals surface area contributed by atoms with Crippen LogP contribution in [0.4, 0.5) is 13.2 Å². The molecule has 0 amide bonds. The normalized spacial score (nSPS) is 11.4. The summed E-state index contributed by atoms with van der Waals surface area (Å²) in [7, 11) is 0. The molecule has 110 valence electrons. The van der Waals surface area contributed by atoms with Gasteiger partial charge in [0.2, 0.25) is 0 Å². The maximum atomic E-state index is 12.6. The first-order chi connectivity index (χ1) is 9.77. The zero-order chi connectivity index (χ0) is 15.6. The summed E-state index contributed by atoms with van der Waals surface area (Å²) in [5, 5.41) is 9.09. The fourth-order valence-electron chi connectivity index (χ4n) is 1.59. The quantitative estimate of drug-likeness (QED) is 0.787. The highest BCUT2D eigenvalue weighted by Gasteiger charge is 2.31. The fraction of sp³-hybridized carbons (Fsp3) is 0.0714. The molecule has 2 aromatic rings. The highest BCUT2D eigenvalue weighted by atomic mass is 79.9. The van der Waals surface area contributed by atoms with Crippen molar-refractivity contribution in [2.75, 3.05) is 0 Å². The average Bonchev–Trinajstić information content (AvgIpc) is 2.40. The molecule has 2 nitrogen and oxygen atoms in total. The van der Waals surface area contributed by atoms with Gasteiger partial charge in [0.15, 0.2) is 0 Å². The van der Waals surface area contributed by atoms with Crippen LogP contribution in [0.1, 0.15) is 15.9 Å². The second-order valence-electron chi connectivity index (χ2n) is 4.07. The Hall–Kier alpha value is -1.47. The van der Waals surface area contributed by atoms with Gasteiger partial charge in [-0.15, -0.1) is 0 Å². The molecular formula is C14H8BrF3O2S. The summed E-state index contributed by atoms with van der Waals surface area (Å²) < 4.78 is 38.7. The Kier molecular flexibility index (Phi) is 4.63. The van der Waals surface area contributed by atoms with Crippen LogP contribution in [-0.2, 0) is 6.18 Å². The first-order valence-electron chi connectivity index (χ1n) is 5.65. The minimum absolute atomic E-state index is 0.262. The van der Waals surface area contributed by atoms with Gasteiger partial charge in [-0.1, -0.05) is 27.7 Å². The Bertz CT molecular complexity index is 669. The van der Waals surface area contributed by atoms with E-state index < -0.39 is 17.7 Å². The van der Waals surface area contributed by atoms with Crippen LogP contribution in [0.15, 0.2) is 56.7 Å². The SMILES string of the molecule is O=C(O)c1cc(C(F)(F)F)ccc1Sc1ccc(Br)cc1. The van der Waals surface area contributed by atoms with Gasteiger partial charge in [-0.25, -0.2) is 4.79 Å². The topological polar surface area (TPSA) is 37.3 Å². The maximum absolute atomic E-state index is 12.6. The van der Waals surface area contributed by atoms with E-state index >= 15 is 0 Å². The van der Waals surface area contributed by atoms with Crippen LogP contribution in [0.25, 0.3) is 0 Å². The number of carboxylic acids is 1. The molecule has 0 saturated heterocycles. The lowest BCUT2D eigenvalue weighted by molar-refractivity contribution is -0.137. The van der Waals surface area contributed by atoms with Gasteiger partial charge in [0.25, 0.3) is 0 Å². The van der Waals surface area contributed by atoms with E-state index in [4.69, 9.17) is 5.11 Å². The summed E-state index contributed by atoms with van der Waals surface area (Å²) in [5.74, 6) is -1.39. The van der Waals surface area contributed by atoms with Gasteiger partial charge in [0.05, 0.1) is 11.1 Å². The first-order valence-corrected chi connectivity index (χ1v) is 7.26. The lowest BCUT2D eigenvalue weighted by Crippen LogP contribution is -2.08. The van der Waals surface area contributed by atoms with Crippen LogP contribution in [0, 0.1) is 0 Å². The summed E-state index contributed by atoms with van der Waals surface area (Å²) in [6.45, 7) is 0. The largest absolute Gasteiger partial charge is 0.478 e. The summed E-state index contributed by atoms with van der Waals surface area (Å²) >= 11 is 4.37. The molecule has 0 bridgehead atoms. The van der Waals surface area contributed by atoms with Crippen molar-refractivity contribution in [2.24, 2.45) is 0 Å². The maximum Gasteiger partial charge on any atom is 0.416 e. The summed E-state index contributed by atoms with van der Waals surface area (Å²) in [4.78, 5) is 12.2. The van der Waals surface area contributed by atoms with Crippen LogP contribution in [-0.4, -0.2) is 11.1 Å². The summed E-state index contributed by atoms with van der Waals surface area (Å²) in [5.41, 5.74) is -1.34. The van der Waals surface area contributed by atoms with E-state index in [0.717, 1.165) is 27.2 Å². The number of hydrogen-bond acceptors (Lipinski definition) is 2. The van der Waals surface area contributed by atoms with E-state index in [1.165, 1.54) is 6.07 Å². The van der Waals surface area contributed by atoms with Gasteiger partial charge in [0, 0.05) is 14.3 Å². The van der Waals surface area contributed by atoms with Crippen molar-refractivity contribution in [3.63, 3.8) is 0 Å². The van der Waals surface area contributed by atoms with Gasteiger partial charge in [-0.2, -0.15) is 13.2 Å². The Balaban J connectivity index is 2.39. The van der Waals surface area contributed by atoms with Crippen LogP contribution < -0.4 is 0 Å². The number of alkyl halides is 3. The third-order valence-electron chi connectivity index (χ3n) is 2.58. The number of rotatable bonds is 3. The third-order valence-corrected chi connectivity index (χ3v) is 4.19. The van der Waals surface area contributed by atoms with Crippen molar-refractivity contribution < 1.29 is 23.1 Å². The Morgan fingerprint density at radius 2 is 1.71 bits per heavy atom. The number of carbonyl (C=O) groups is 1. The third kappa shape index (κ3) is 4.01. The molecule has 21 heavy (non-hydrogen) atoms. The second kappa shape index (κ2) is 6.11. The molecule has 2 rings (SSSR count). The van der Waals surface area contributed by atoms with Crippen molar-refractivity contribution in [2.45, 2.75) is 16.0 Å². The molecular weight excluding hydrogens is 369 g/mol. The van der Waals surface area contributed by atoms with Gasteiger partial charge >= 0.3 is 12.1 Å². The van der Waals surface area contributed by atoms with Gasteiger partial charge in [0.1, 0.15) is 0 Å². The molecule has 0 fully saturated rings. The lowest BCUT2D eigenvalue weighted by Gasteiger charge is -2.11. The highest BCUT2D eigenvalue weighted by Crippen LogP contribution is 2.36. The van der Waals surface area contributed by atoms with Crippen molar-refractivity contribution in [1.82, 2.24) is 0 Å². The Labute approximate surface area is 131 Å². The molecule has 7 heteroatoms. The van der Waals surface area contributed by atoms with Crippen molar-refractivity contribution in [3.05, 3.63) is 58.1 Å². The summed E-state index contributed by atoms with van der Waals surface area (Å²) in [6.07, 6.45) is -4.56. The molecule has 0 aromatic heterocycles. The van der Waals surface area contributed by atoms with E-state index in [2.05, 4.69) is 15.9 Å². The van der Waals surface area contributed by atoms with E-state index in [-0.39, 0.29) is 10.5 Å². The van der Waals surface area contributed by atoms with E-state index in [0.29, 0.717) is 6.07 Å². The van der Waals surface area contributed by atoms with Crippen molar-refractivity contribution >= 4 is 33.7 Å². The molecule has 0 aliphatic heterocycles. The van der Waals surface area contributed by atoms with E-state index in [1.807, 2.05) is 0 Å². The molecule has 2 aromatic carbocycles. The van der Waals surface area contributed by atoms with E-state index in [9.17, 15) is 18.0 Å². The van der Waals surface area contributed by atoms with Gasteiger partial charge in [-0.3, -0.25) is 0 Å². The molecule has 0 atom stereocenters. The molecule has 0 radical (unpaired) electrons. The molecule has 0 aliphatic carbocycles. The predicted molar refractivity (Wildman–Crippen MR) is 76.7 cm³/mol. The van der Waals surface area contributed by atoms with Crippen LogP contribution in [0.3, 0.4) is 0 Å². The molecule has 0 aliphatic rings. The number of benzene rings is 2. The van der Waals surface area contributed by atoms with Crippen LogP contribution in [0.5, 0.6) is 0 Å². The molecule has 0 unspecified atom stereocenters. The van der Waals surface area contributed by atoms with Crippen molar-refractivity contribution in [1.29, 1.82) is 0 Å². The van der Waals surface area contributed by atoms with Crippen LogP contribution in [0.2, 0.25) is 0 Å². The minimum Gasteiger partial charge on any atom is -0.478 e. The zero-order valence-electron chi connectivity index (χ0n) is 10.3. The second-order valence-corrected chi connectivity index (χ2v) is 6.10. The standard InChI is InChI=1S/C14H8BrF3O2S/c15-9-2-4-10(5-3-9)21-12-6-1-8(14(16,17)18)7-11(12)13(19)20/h1-7H,(H,19,20). The first kappa shape index (κ1) is 15.9.